The number of hydrogen-bond acceptors (Lipinski definition) is 12. The molecule has 5 heterocycles. The van der Waals surface area contributed by atoms with E-state index in [0.29, 0.717) is 56.0 Å². The van der Waals surface area contributed by atoms with Gasteiger partial charge in [0.15, 0.2) is 23.0 Å². The quantitative estimate of drug-likeness (QED) is 0.181. The molecular weight excluding hydrogens is 632 g/mol. The van der Waals surface area contributed by atoms with Crippen molar-refractivity contribution < 1.29 is 43.5 Å². The molecule has 3 aromatic rings. The third kappa shape index (κ3) is 4.07. The Kier molecular flexibility index (Phi) is 6.86. The van der Waals surface area contributed by atoms with Crippen LogP contribution >= 0.6 is 0 Å². The van der Waals surface area contributed by atoms with Gasteiger partial charge in [0.2, 0.25) is 6.79 Å². The topological polar surface area (TPSA) is 162 Å². The van der Waals surface area contributed by atoms with Crippen LogP contribution < -0.4 is 18.9 Å². The number of carbonyl (C=O) groups excluding carboxylic acids is 3. The fourth-order valence-electron chi connectivity index (χ4n) is 8.91. The molecule has 5 aliphatic rings. The van der Waals surface area contributed by atoms with E-state index >= 15 is 0 Å². The average molecular weight is 667 g/mol. The maximum Gasteiger partial charge on any atom is 0.308 e. The first-order valence-electron chi connectivity index (χ1n) is 16.1. The van der Waals surface area contributed by atoms with Gasteiger partial charge in [-0.05, 0) is 45.9 Å². The van der Waals surface area contributed by atoms with Gasteiger partial charge in [-0.25, -0.2) is 0 Å². The normalized spacial score (nSPS) is 24.9. The summed E-state index contributed by atoms with van der Waals surface area (Å²) in [6.07, 6.45) is 0.467. The molecular formula is C36H34N4O9. The first kappa shape index (κ1) is 31.0. The van der Waals surface area contributed by atoms with E-state index < -0.39 is 48.0 Å². The van der Waals surface area contributed by atoms with Gasteiger partial charge in [0, 0.05) is 58.9 Å². The average Bonchev–Trinajstić information content (AvgIpc) is 3.66. The molecule has 0 saturated carbocycles. The third-order valence-corrected chi connectivity index (χ3v) is 10.9. The molecule has 0 aromatic heterocycles. The monoisotopic (exact) mass is 666 g/mol. The van der Waals surface area contributed by atoms with Crippen LogP contribution in [0.15, 0.2) is 24.3 Å². The Morgan fingerprint density at radius 1 is 0.959 bits per heavy atom. The van der Waals surface area contributed by atoms with E-state index in [4.69, 9.17) is 18.9 Å². The van der Waals surface area contributed by atoms with Crippen LogP contribution in [0, 0.1) is 25.2 Å². The lowest BCUT2D eigenvalue weighted by molar-refractivity contribution is -0.132. The Morgan fingerprint density at radius 2 is 1.61 bits per heavy atom. The summed E-state index contributed by atoms with van der Waals surface area (Å²) in [4.78, 5) is 45.4. The second kappa shape index (κ2) is 10.8. The molecule has 0 radical (unpaired) electrons. The number of aromatic hydroxyl groups is 2. The van der Waals surface area contributed by atoms with Gasteiger partial charge in [-0.1, -0.05) is 12.1 Å². The Bertz CT molecular complexity index is 2020. The predicted octanol–water partition coefficient (Wildman–Crippen LogP) is 3.44. The molecule has 1 saturated heterocycles. The molecule has 2 bridgehead atoms. The Labute approximate surface area is 281 Å². The zero-order chi connectivity index (χ0) is 34.6. The molecule has 13 nitrogen and oxygen atoms in total. The Hall–Kier alpha value is -5.32. The van der Waals surface area contributed by atoms with Crippen LogP contribution in [-0.2, 0) is 17.6 Å². The lowest BCUT2D eigenvalue weighted by atomic mass is 9.71. The maximum absolute atomic E-state index is 13.8. The summed E-state index contributed by atoms with van der Waals surface area (Å²) in [5.41, 5.74) is 3.71. The lowest BCUT2D eigenvalue weighted by Crippen LogP contribution is -2.68. The van der Waals surface area contributed by atoms with Crippen molar-refractivity contribution in [2.45, 2.75) is 63.8 Å². The van der Waals surface area contributed by atoms with E-state index in [9.17, 15) is 29.9 Å². The number of nitrogens with zero attached hydrogens (tertiary/aromatic N) is 4. The first-order valence-corrected chi connectivity index (χ1v) is 16.1. The molecule has 13 heteroatoms. The van der Waals surface area contributed by atoms with Crippen LogP contribution in [0.25, 0.3) is 0 Å². The van der Waals surface area contributed by atoms with E-state index in [1.54, 1.807) is 38.1 Å². The van der Waals surface area contributed by atoms with Gasteiger partial charge < -0.3 is 29.2 Å². The van der Waals surface area contributed by atoms with Gasteiger partial charge in [0.25, 0.3) is 11.8 Å². The first-order chi connectivity index (χ1) is 23.5. The van der Waals surface area contributed by atoms with E-state index in [1.165, 1.54) is 18.9 Å². The molecule has 49 heavy (non-hydrogen) atoms. The van der Waals surface area contributed by atoms with Crippen LogP contribution in [0.5, 0.6) is 34.5 Å². The number of phenolic OH excluding ortho intramolecular Hbond substituents is 2. The van der Waals surface area contributed by atoms with Crippen LogP contribution in [0.4, 0.5) is 0 Å². The van der Waals surface area contributed by atoms with Gasteiger partial charge in [-0.15, -0.1) is 0 Å². The number of rotatable bonds is 4. The highest BCUT2D eigenvalue weighted by Crippen LogP contribution is 2.59. The van der Waals surface area contributed by atoms with Crippen molar-refractivity contribution in [3.8, 4) is 40.6 Å². The van der Waals surface area contributed by atoms with Crippen LogP contribution in [0.2, 0.25) is 0 Å². The summed E-state index contributed by atoms with van der Waals surface area (Å²) in [6, 6.07) is 5.92. The number of likely N-dealkylation sites (N-methyl/N-ethyl adjacent to an activating group) is 1. The molecule has 0 spiro atoms. The summed E-state index contributed by atoms with van der Waals surface area (Å²) in [7, 11) is 3.31. The zero-order valence-corrected chi connectivity index (χ0v) is 27.6. The number of ether oxygens (including phenoxy) is 4. The largest absolute Gasteiger partial charge is 0.507 e. The standard InChI is InChI=1S/C36H34N4O9/c1-15-29(42)20-10-22-24(12-37)40-23(28(38(22)4)27(20)30(43)32(15)46-5)11-21-26(34-33(47-14-48-34)16(2)31(21)49-17(3)41)25(40)13-39-35(44)18-8-6-7-9-19(18)36(39)45/h6-9,22-25,28,42-43H,10-11,13-14H2,1-5H3. The molecule has 5 unspecified atom stereocenters. The van der Waals surface area contributed by atoms with Crippen molar-refractivity contribution in [1.82, 2.24) is 14.7 Å². The summed E-state index contributed by atoms with van der Waals surface area (Å²) < 4.78 is 23.4. The van der Waals surface area contributed by atoms with Gasteiger partial charge in [-0.2, -0.15) is 5.26 Å². The second-order valence-corrected chi connectivity index (χ2v) is 13.2. The highest BCUT2D eigenvalue weighted by atomic mass is 16.7. The highest BCUT2D eigenvalue weighted by Gasteiger charge is 2.58. The smallest absolute Gasteiger partial charge is 0.308 e. The summed E-state index contributed by atoms with van der Waals surface area (Å²) in [5.74, 6) is -0.357. The number of esters is 1. The third-order valence-electron chi connectivity index (χ3n) is 10.9. The summed E-state index contributed by atoms with van der Waals surface area (Å²) in [6.45, 7) is 4.51. The number of carbonyl (C=O) groups is 3. The van der Waals surface area contributed by atoms with E-state index in [1.807, 2.05) is 16.8 Å². The van der Waals surface area contributed by atoms with Crippen molar-refractivity contribution in [3.05, 3.63) is 68.8 Å². The molecule has 2 N–H and O–H groups in total. The van der Waals surface area contributed by atoms with E-state index in [-0.39, 0.29) is 49.2 Å². The summed E-state index contributed by atoms with van der Waals surface area (Å²) in [5, 5.41) is 34.1. The molecule has 2 amide bonds. The Balaban J connectivity index is 1.39. The van der Waals surface area contributed by atoms with Crippen molar-refractivity contribution >= 4 is 17.8 Å². The fraction of sp³-hybridized carbons (Fsp3) is 0.389. The van der Waals surface area contributed by atoms with Crippen molar-refractivity contribution in [2.75, 3.05) is 27.5 Å². The fourth-order valence-corrected chi connectivity index (χ4v) is 8.91. The van der Waals surface area contributed by atoms with Crippen LogP contribution in [0.1, 0.15) is 73.1 Å². The van der Waals surface area contributed by atoms with Crippen molar-refractivity contribution in [2.24, 2.45) is 0 Å². The number of nitriles is 1. The number of amides is 2. The SMILES string of the molecule is COc1c(C)c(O)c2c(c1O)C1C3Cc4c(OC(C)=O)c(C)c5c(c4C(CN4C(=O)c6ccccc6C4=O)N3C(C#N)C(C2)N1C)OCO5. The minimum absolute atomic E-state index is 0.00325. The Morgan fingerprint density at radius 3 is 2.24 bits per heavy atom. The van der Waals surface area contributed by atoms with Crippen LogP contribution in [0.3, 0.4) is 0 Å². The molecule has 5 atom stereocenters. The number of piperazine rings is 1. The molecule has 252 valence electrons. The van der Waals surface area contributed by atoms with Crippen molar-refractivity contribution in [3.63, 3.8) is 0 Å². The molecule has 3 aromatic carbocycles. The van der Waals surface area contributed by atoms with Gasteiger partial charge >= 0.3 is 5.97 Å². The number of hydrogen-bond donors (Lipinski definition) is 2. The van der Waals surface area contributed by atoms with Crippen LogP contribution in [-0.4, -0.2) is 88.3 Å². The molecule has 1 fully saturated rings. The van der Waals surface area contributed by atoms with E-state index in [2.05, 4.69) is 6.07 Å². The van der Waals surface area contributed by atoms with Crippen molar-refractivity contribution in [1.29, 1.82) is 5.26 Å². The maximum atomic E-state index is 13.8. The van der Waals surface area contributed by atoms with Gasteiger partial charge in [0.1, 0.15) is 17.5 Å². The molecule has 5 aliphatic heterocycles. The summed E-state index contributed by atoms with van der Waals surface area (Å²) >= 11 is 0. The zero-order valence-electron chi connectivity index (χ0n) is 27.6. The molecule has 0 aliphatic carbocycles. The number of benzene rings is 3. The number of imide groups is 1. The minimum Gasteiger partial charge on any atom is -0.507 e. The highest BCUT2D eigenvalue weighted by molar-refractivity contribution is 6.21. The number of phenols is 2. The number of fused-ring (bicyclic) bond motifs is 10. The van der Waals surface area contributed by atoms with E-state index in [0.717, 1.165) is 0 Å². The van der Waals surface area contributed by atoms with Gasteiger partial charge in [0.05, 0.1) is 36.4 Å². The number of methoxy groups -OCH3 is 1. The predicted molar refractivity (Wildman–Crippen MR) is 171 cm³/mol. The lowest BCUT2D eigenvalue weighted by Gasteiger charge is -2.60. The minimum atomic E-state index is -0.811. The molecule has 8 rings (SSSR count). The van der Waals surface area contributed by atoms with Gasteiger partial charge in [-0.3, -0.25) is 29.1 Å². The second-order valence-electron chi connectivity index (χ2n) is 13.2.